The molecule has 1 amide bonds. The molecule has 0 saturated heterocycles. The molecular formula is C16H17FN2O2. The molecule has 0 spiro atoms. The Morgan fingerprint density at radius 3 is 2.43 bits per heavy atom. The van der Waals surface area contributed by atoms with E-state index in [0.717, 1.165) is 5.56 Å². The Morgan fingerprint density at radius 1 is 1.24 bits per heavy atom. The highest BCUT2D eigenvalue weighted by Crippen LogP contribution is 2.20. The predicted molar refractivity (Wildman–Crippen MR) is 79.6 cm³/mol. The minimum absolute atomic E-state index is 0.129. The SMILES string of the molecule is Cc1cc(CNC(=O)c2ccc(N)c(O)c2)cc(C)c1F. The van der Waals surface area contributed by atoms with E-state index < -0.39 is 0 Å². The molecule has 110 valence electrons. The number of rotatable bonds is 3. The lowest BCUT2D eigenvalue weighted by Gasteiger charge is -2.09. The minimum atomic E-state index is -0.329. The Bertz CT molecular complexity index is 676. The Kier molecular flexibility index (Phi) is 4.12. The van der Waals surface area contributed by atoms with E-state index in [1.807, 2.05) is 0 Å². The number of halogens is 1. The van der Waals surface area contributed by atoms with Crippen LogP contribution in [0.2, 0.25) is 0 Å². The molecular weight excluding hydrogens is 271 g/mol. The molecule has 0 atom stereocenters. The number of hydrogen-bond donors (Lipinski definition) is 3. The van der Waals surface area contributed by atoms with Crippen LogP contribution in [0.5, 0.6) is 5.75 Å². The number of nitrogens with one attached hydrogen (secondary N) is 1. The number of carbonyl (C=O) groups is 1. The molecule has 4 nitrogen and oxygen atoms in total. The van der Waals surface area contributed by atoms with Gasteiger partial charge in [0.15, 0.2) is 0 Å². The quantitative estimate of drug-likeness (QED) is 0.600. The van der Waals surface area contributed by atoms with Crippen LogP contribution in [-0.2, 0) is 6.54 Å². The van der Waals surface area contributed by atoms with Crippen molar-refractivity contribution >= 4 is 11.6 Å². The fourth-order valence-corrected chi connectivity index (χ4v) is 2.11. The van der Waals surface area contributed by atoms with Crippen LogP contribution in [0, 0.1) is 19.7 Å². The van der Waals surface area contributed by atoms with Crippen molar-refractivity contribution in [3.8, 4) is 5.75 Å². The normalized spacial score (nSPS) is 10.4. The van der Waals surface area contributed by atoms with Crippen molar-refractivity contribution in [2.45, 2.75) is 20.4 Å². The predicted octanol–water partition coefficient (Wildman–Crippen LogP) is 2.66. The second-order valence-electron chi connectivity index (χ2n) is 5.00. The van der Waals surface area contributed by atoms with Crippen LogP contribution in [0.15, 0.2) is 30.3 Å². The maximum absolute atomic E-state index is 13.5. The summed E-state index contributed by atoms with van der Waals surface area (Å²) >= 11 is 0. The number of phenolic OH excluding ortho intramolecular Hbond substituents is 1. The highest BCUT2D eigenvalue weighted by molar-refractivity contribution is 5.95. The van der Waals surface area contributed by atoms with Crippen LogP contribution in [0.3, 0.4) is 0 Å². The molecule has 0 aromatic heterocycles. The Balaban J connectivity index is 2.09. The molecule has 0 aliphatic rings. The molecule has 0 fully saturated rings. The van der Waals surface area contributed by atoms with Crippen LogP contribution >= 0.6 is 0 Å². The van der Waals surface area contributed by atoms with Gasteiger partial charge in [0, 0.05) is 12.1 Å². The van der Waals surface area contributed by atoms with Gasteiger partial charge in [-0.3, -0.25) is 4.79 Å². The average Bonchev–Trinajstić information content (AvgIpc) is 2.44. The van der Waals surface area contributed by atoms with Crippen molar-refractivity contribution < 1.29 is 14.3 Å². The van der Waals surface area contributed by atoms with E-state index in [9.17, 15) is 14.3 Å². The summed E-state index contributed by atoms with van der Waals surface area (Å²) in [7, 11) is 0. The Morgan fingerprint density at radius 2 is 1.86 bits per heavy atom. The molecule has 2 aromatic rings. The number of aromatic hydroxyl groups is 1. The second-order valence-corrected chi connectivity index (χ2v) is 5.00. The number of benzene rings is 2. The first-order chi connectivity index (χ1) is 9.88. The van der Waals surface area contributed by atoms with Gasteiger partial charge in [-0.25, -0.2) is 4.39 Å². The van der Waals surface area contributed by atoms with Gasteiger partial charge in [-0.15, -0.1) is 0 Å². The van der Waals surface area contributed by atoms with E-state index in [-0.39, 0.29) is 29.7 Å². The van der Waals surface area contributed by atoms with Crippen molar-refractivity contribution in [3.05, 3.63) is 58.4 Å². The number of amides is 1. The molecule has 0 heterocycles. The molecule has 21 heavy (non-hydrogen) atoms. The van der Waals surface area contributed by atoms with Crippen molar-refractivity contribution in [3.63, 3.8) is 0 Å². The van der Waals surface area contributed by atoms with Crippen LogP contribution < -0.4 is 11.1 Å². The first-order valence-electron chi connectivity index (χ1n) is 6.51. The zero-order chi connectivity index (χ0) is 15.6. The molecule has 5 heteroatoms. The first-order valence-corrected chi connectivity index (χ1v) is 6.51. The molecule has 0 radical (unpaired) electrons. The van der Waals surface area contributed by atoms with Gasteiger partial charge in [0.05, 0.1) is 5.69 Å². The monoisotopic (exact) mass is 288 g/mol. The van der Waals surface area contributed by atoms with Crippen LogP contribution in [0.1, 0.15) is 27.0 Å². The van der Waals surface area contributed by atoms with Gasteiger partial charge in [0.1, 0.15) is 11.6 Å². The molecule has 0 bridgehead atoms. The number of nitrogen functional groups attached to an aromatic ring is 1. The average molecular weight is 288 g/mol. The first kappa shape index (κ1) is 14.8. The lowest BCUT2D eigenvalue weighted by Crippen LogP contribution is -2.23. The van der Waals surface area contributed by atoms with Gasteiger partial charge >= 0.3 is 0 Å². The minimum Gasteiger partial charge on any atom is -0.506 e. The second kappa shape index (κ2) is 5.83. The largest absolute Gasteiger partial charge is 0.506 e. The standard InChI is InChI=1S/C16H17FN2O2/c1-9-5-11(6-10(2)15(9)17)8-19-16(21)12-3-4-13(18)14(20)7-12/h3-7,20H,8,18H2,1-2H3,(H,19,21). The van der Waals surface area contributed by atoms with Gasteiger partial charge in [-0.2, -0.15) is 0 Å². The lowest BCUT2D eigenvalue weighted by atomic mass is 10.1. The van der Waals surface area contributed by atoms with Gasteiger partial charge in [0.2, 0.25) is 0 Å². The van der Waals surface area contributed by atoms with Gasteiger partial charge in [-0.1, -0.05) is 12.1 Å². The van der Waals surface area contributed by atoms with E-state index in [1.165, 1.54) is 18.2 Å². The molecule has 2 aromatic carbocycles. The van der Waals surface area contributed by atoms with Crippen molar-refractivity contribution in [1.82, 2.24) is 5.32 Å². The highest BCUT2D eigenvalue weighted by atomic mass is 19.1. The Labute approximate surface area is 122 Å². The zero-order valence-electron chi connectivity index (χ0n) is 11.9. The van der Waals surface area contributed by atoms with Gasteiger partial charge in [-0.05, 0) is 48.7 Å². The molecule has 0 aliphatic carbocycles. The van der Waals surface area contributed by atoms with Crippen LogP contribution in [0.25, 0.3) is 0 Å². The molecule has 0 unspecified atom stereocenters. The molecule has 4 N–H and O–H groups in total. The van der Waals surface area contributed by atoms with Crippen molar-refractivity contribution in [1.29, 1.82) is 0 Å². The van der Waals surface area contributed by atoms with E-state index in [2.05, 4.69) is 5.32 Å². The summed E-state index contributed by atoms with van der Waals surface area (Å²) in [5.41, 5.74) is 7.93. The van der Waals surface area contributed by atoms with Crippen LogP contribution in [0.4, 0.5) is 10.1 Å². The maximum Gasteiger partial charge on any atom is 0.251 e. The number of aryl methyl sites for hydroxylation is 2. The van der Waals surface area contributed by atoms with E-state index in [4.69, 9.17) is 5.73 Å². The van der Waals surface area contributed by atoms with Gasteiger partial charge in [0.25, 0.3) is 5.91 Å². The summed E-state index contributed by atoms with van der Waals surface area (Å²) in [6.45, 7) is 3.66. The Hall–Kier alpha value is -2.56. The van der Waals surface area contributed by atoms with E-state index in [1.54, 1.807) is 26.0 Å². The molecule has 0 aliphatic heterocycles. The zero-order valence-corrected chi connectivity index (χ0v) is 11.9. The number of nitrogens with two attached hydrogens (primary N) is 1. The summed E-state index contributed by atoms with van der Waals surface area (Å²) < 4.78 is 13.5. The fourth-order valence-electron chi connectivity index (χ4n) is 2.11. The smallest absolute Gasteiger partial charge is 0.251 e. The number of phenols is 1. The fraction of sp³-hybridized carbons (Fsp3) is 0.188. The number of anilines is 1. The van der Waals surface area contributed by atoms with Crippen molar-refractivity contribution in [2.75, 3.05) is 5.73 Å². The van der Waals surface area contributed by atoms with E-state index in [0.29, 0.717) is 16.7 Å². The highest BCUT2D eigenvalue weighted by Gasteiger charge is 2.09. The summed E-state index contributed by atoms with van der Waals surface area (Å²) in [6, 6.07) is 7.71. The third kappa shape index (κ3) is 3.31. The van der Waals surface area contributed by atoms with Crippen molar-refractivity contribution in [2.24, 2.45) is 0 Å². The molecule has 0 saturated carbocycles. The summed E-state index contributed by atoms with van der Waals surface area (Å²) in [5.74, 6) is -0.686. The van der Waals surface area contributed by atoms with Gasteiger partial charge < -0.3 is 16.2 Å². The number of carbonyl (C=O) groups excluding carboxylic acids is 1. The third-order valence-corrected chi connectivity index (χ3v) is 3.24. The van der Waals surface area contributed by atoms with E-state index >= 15 is 0 Å². The summed E-state index contributed by atoms with van der Waals surface area (Å²) in [5, 5.41) is 12.2. The van der Waals surface area contributed by atoms with Crippen LogP contribution in [-0.4, -0.2) is 11.0 Å². The third-order valence-electron chi connectivity index (χ3n) is 3.24. The number of hydrogen-bond acceptors (Lipinski definition) is 3. The summed E-state index contributed by atoms with van der Waals surface area (Å²) in [4.78, 5) is 12.0. The summed E-state index contributed by atoms with van der Waals surface area (Å²) in [6.07, 6.45) is 0. The molecule has 2 rings (SSSR count). The topological polar surface area (TPSA) is 75.4 Å². The lowest BCUT2D eigenvalue weighted by molar-refractivity contribution is 0.0950. The maximum atomic E-state index is 13.5.